The van der Waals surface area contributed by atoms with Crippen LogP contribution < -0.4 is 19.7 Å². The number of benzene rings is 2. The molecule has 25 heavy (non-hydrogen) atoms. The number of fused-ring (bicyclic) bond motifs is 1. The van der Waals surface area contributed by atoms with E-state index in [1.807, 2.05) is 23.1 Å². The van der Waals surface area contributed by atoms with E-state index in [1.165, 1.54) is 11.3 Å². The molecule has 1 N–H and O–H groups in total. The van der Waals surface area contributed by atoms with Gasteiger partial charge in [0.2, 0.25) is 6.79 Å². The maximum absolute atomic E-state index is 12.5. The van der Waals surface area contributed by atoms with Gasteiger partial charge in [-0.3, -0.25) is 0 Å². The third-order valence-corrected chi connectivity index (χ3v) is 4.65. The zero-order valence-corrected chi connectivity index (χ0v) is 14.2. The maximum Gasteiger partial charge on any atom is 0.321 e. The highest BCUT2D eigenvalue weighted by Gasteiger charge is 2.22. The Morgan fingerprint density at radius 2 is 1.76 bits per heavy atom. The predicted octanol–water partition coefficient (Wildman–Crippen LogP) is 3.08. The van der Waals surface area contributed by atoms with Crippen LogP contribution in [0.5, 0.6) is 11.5 Å². The van der Waals surface area contributed by atoms with Crippen LogP contribution in [0.4, 0.5) is 16.2 Å². The van der Waals surface area contributed by atoms with Gasteiger partial charge in [-0.1, -0.05) is 18.2 Å². The van der Waals surface area contributed by atoms with E-state index in [4.69, 9.17) is 9.47 Å². The van der Waals surface area contributed by atoms with Crippen molar-refractivity contribution in [3.63, 3.8) is 0 Å². The van der Waals surface area contributed by atoms with Crippen LogP contribution in [0.3, 0.4) is 0 Å². The van der Waals surface area contributed by atoms with Crippen molar-refractivity contribution in [2.75, 3.05) is 43.2 Å². The van der Waals surface area contributed by atoms with Gasteiger partial charge < -0.3 is 24.6 Å². The summed E-state index contributed by atoms with van der Waals surface area (Å²) in [6.07, 6.45) is 0. The molecule has 0 aromatic heterocycles. The molecule has 130 valence electrons. The lowest BCUT2D eigenvalue weighted by atomic mass is 10.1. The molecule has 1 saturated heterocycles. The van der Waals surface area contributed by atoms with Crippen LogP contribution >= 0.6 is 0 Å². The lowest BCUT2D eigenvalue weighted by Gasteiger charge is -2.36. The summed E-state index contributed by atoms with van der Waals surface area (Å²) in [5.74, 6) is 1.38. The van der Waals surface area contributed by atoms with Crippen molar-refractivity contribution in [2.24, 2.45) is 0 Å². The third kappa shape index (κ3) is 3.20. The Balaban J connectivity index is 1.36. The molecule has 0 saturated carbocycles. The molecule has 0 radical (unpaired) electrons. The van der Waals surface area contributed by atoms with Gasteiger partial charge in [0.05, 0.1) is 0 Å². The first-order valence-corrected chi connectivity index (χ1v) is 8.47. The number of anilines is 2. The van der Waals surface area contributed by atoms with Gasteiger partial charge in [-0.25, -0.2) is 4.79 Å². The van der Waals surface area contributed by atoms with Gasteiger partial charge in [0, 0.05) is 43.6 Å². The third-order valence-electron chi connectivity index (χ3n) is 4.65. The highest BCUT2D eigenvalue weighted by Crippen LogP contribution is 2.34. The Morgan fingerprint density at radius 3 is 2.56 bits per heavy atom. The quantitative estimate of drug-likeness (QED) is 0.914. The predicted molar refractivity (Wildman–Crippen MR) is 96.5 cm³/mol. The second-order valence-electron chi connectivity index (χ2n) is 6.26. The number of hydrogen-bond donors (Lipinski definition) is 1. The summed E-state index contributed by atoms with van der Waals surface area (Å²) in [6, 6.07) is 13.7. The number of piperazine rings is 1. The van der Waals surface area contributed by atoms with Crippen LogP contribution in [0.15, 0.2) is 42.5 Å². The number of urea groups is 1. The molecule has 0 bridgehead atoms. The van der Waals surface area contributed by atoms with Crippen molar-refractivity contribution >= 4 is 17.4 Å². The van der Waals surface area contributed by atoms with Gasteiger partial charge in [0.15, 0.2) is 11.5 Å². The highest BCUT2D eigenvalue weighted by atomic mass is 16.7. The smallest absolute Gasteiger partial charge is 0.321 e. The molecule has 1 fully saturated rings. The van der Waals surface area contributed by atoms with Crippen LogP contribution in [0.1, 0.15) is 5.56 Å². The molecule has 2 aromatic rings. The van der Waals surface area contributed by atoms with Crippen LogP contribution in [0.2, 0.25) is 0 Å². The standard InChI is InChI=1S/C19H21N3O3/c1-14-4-2-3-5-16(14)21-8-10-22(11-9-21)19(23)20-15-6-7-17-18(12-15)25-13-24-17/h2-7,12H,8-11,13H2,1H3,(H,20,23). The fraction of sp³-hybridized carbons (Fsp3) is 0.316. The molecule has 0 aliphatic carbocycles. The van der Waals surface area contributed by atoms with E-state index >= 15 is 0 Å². The van der Waals surface area contributed by atoms with Crippen molar-refractivity contribution < 1.29 is 14.3 Å². The summed E-state index contributed by atoms with van der Waals surface area (Å²) < 4.78 is 10.6. The molecule has 2 aromatic carbocycles. The number of carbonyl (C=O) groups excluding carboxylic acids is 1. The van der Waals surface area contributed by atoms with Gasteiger partial charge in [-0.05, 0) is 30.7 Å². The Kier molecular flexibility index (Phi) is 4.09. The lowest BCUT2D eigenvalue weighted by molar-refractivity contribution is 0.174. The second-order valence-corrected chi connectivity index (χ2v) is 6.26. The summed E-state index contributed by atoms with van der Waals surface area (Å²) in [5.41, 5.74) is 3.23. The van der Waals surface area contributed by atoms with E-state index in [2.05, 4.69) is 35.3 Å². The molecule has 6 heteroatoms. The Labute approximate surface area is 146 Å². The Morgan fingerprint density at radius 1 is 1.00 bits per heavy atom. The van der Waals surface area contributed by atoms with Crippen LogP contribution in [-0.2, 0) is 0 Å². The SMILES string of the molecule is Cc1ccccc1N1CCN(C(=O)Nc2ccc3c(c2)OCO3)CC1. The summed E-state index contributed by atoms with van der Waals surface area (Å²) in [6.45, 7) is 5.41. The monoisotopic (exact) mass is 339 g/mol. The normalized spacial score (nSPS) is 16.0. The number of hydrogen-bond acceptors (Lipinski definition) is 4. The zero-order valence-electron chi connectivity index (χ0n) is 14.2. The van der Waals surface area contributed by atoms with Gasteiger partial charge >= 0.3 is 6.03 Å². The van der Waals surface area contributed by atoms with E-state index < -0.39 is 0 Å². The average molecular weight is 339 g/mol. The molecule has 0 spiro atoms. The number of ether oxygens (including phenoxy) is 2. The first-order valence-electron chi connectivity index (χ1n) is 8.47. The fourth-order valence-electron chi connectivity index (χ4n) is 3.25. The van der Waals surface area contributed by atoms with Crippen LogP contribution in [-0.4, -0.2) is 43.9 Å². The summed E-state index contributed by atoms with van der Waals surface area (Å²) in [4.78, 5) is 16.7. The molecule has 4 rings (SSSR count). The molecule has 2 aliphatic rings. The van der Waals surface area contributed by atoms with Crippen molar-refractivity contribution in [1.29, 1.82) is 0 Å². The first-order chi connectivity index (χ1) is 12.2. The summed E-state index contributed by atoms with van der Waals surface area (Å²) in [7, 11) is 0. The second kappa shape index (κ2) is 6.55. The minimum atomic E-state index is -0.0803. The van der Waals surface area contributed by atoms with Gasteiger partial charge in [-0.2, -0.15) is 0 Å². The highest BCUT2D eigenvalue weighted by molar-refractivity contribution is 5.90. The van der Waals surface area contributed by atoms with Crippen molar-refractivity contribution in [3.05, 3.63) is 48.0 Å². The topological polar surface area (TPSA) is 54.0 Å². The number of carbonyl (C=O) groups is 1. The van der Waals surface area contributed by atoms with Crippen molar-refractivity contribution in [2.45, 2.75) is 6.92 Å². The lowest BCUT2D eigenvalue weighted by Crippen LogP contribution is -2.50. The van der Waals surface area contributed by atoms with Gasteiger partial charge in [-0.15, -0.1) is 0 Å². The molecule has 0 unspecified atom stereocenters. The van der Waals surface area contributed by atoms with E-state index in [0.29, 0.717) is 24.6 Å². The molecule has 6 nitrogen and oxygen atoms in total. The molecular weight excluding hydrogens is 318 g/mol. The van der Waals surface area contributed by atoms with Crippen molar-refractivity contribution in [1.82, 2.24) is 4.90 Å². The fourth-order valence-corrected chi connectivity index (χ4v) is 3.25. The Bertz CT molecular complexity index is 785. The molecule has 2 amide bonds. The van der Waals surface area contributed by atoms with Crippen molar-refractivity contribution in [3.8, 4) is 11.5 Å². The largest absolute Gasteiger partial charge is 0.454 e. The van der Waals surface area contributed by atoms with Gasteiger partial charge in [0.1, 0.15) is 0 Å². The number of aryl methyl sites for hydroxylation is 1. The molecule has 2 aliphatic heterocycles. The van der Waals surface area contributed by atoms with E-state index in [9.17, 15) is 4.79 Å². The zero-order chi connectivity index (χ0) is 17.2. The minimum Gasteiger partial charge on any atom is -0.454 e. The number of para-hydroxylation sites is 1. The number of nitrogens with zero attached hydrogens (tertiary/aromatic N) is 2. The molecule has 2 heterocycles. The molecule has 0 atom stereocenters. The maximum atomic E-state index is 12.5. The van der Waals surface area contributed by atoms with Crippen LogP contribution in [0.25, 0.3) is 0 Å². The minimum absolute atomic E-state index is 0.0803. The Hall–Kier alpha value is -2.89. The number of nitrogens with one attached hydrogen (secondary N) is 1. The van der Waals surface area contributed by atoms with Crippen LogP contribution in [0, 0.1) is 6.92 Å². The summed E-state index contributed by atoms with van der Waals surface area (Å²) in [5, 5.41) is 2.94. The van der Waals surface area contributed by atoms with E-state index in [-0.39, 0.29) is 12.8 Å². The number of rotatable bonds is 2. The number of amides is 2. The van der Waals surface area contributed by atoms with E-state index in [0.717, 1.165) is 18.8 Å². The summed E-state index contributed by atoms with van der Waals surface area (Å²) >= 11 is 0. The average Bonchev–Trinajstić information content (AvgIpc) is 3.10. The van der Waals surface area contributed by atoms with E-state index in [1.54, 1.807) is 6.07 Å². The van der Waals surface area contributed by atoms with Gasteiger partial charge in [0.25, 0.3) is 0 Å². The molecular formula is C19H21N3O3. The first kappa shape index (κ1) is 15.6.